The molecule has 0 radical (unpaired) electrons. The predicted octanol–water partition coefficient (Wildman–Crippen LogP) is 2.66. The second-order valence-corrected chi connectivity index (χ2v) is 6.30. The van der Waals surface area contributed by atoms with Gasteiger partial charge in [-0.2, -0.15) is 0 Å². The highest BCUT2D eigenvalue weighted by atomic mass is 35.5. The molecule has 0 saturated carbocycles. The van der Waals surface area contributed by atoms with Crippen molar-refractivity contribution >= 4 is 46.6 Å². The first-order valence-electron chi connectivity index (χ1n) is 8.21. The lowest BCUT2D eigenvalue weighted by Gasteiger charge is -2.15. The normalized spacial score (nSPS) is 13.7. The molecule has 0 spiro atoms. The van der Waals surface area contributed by atoms with Gasteiger partial charge >= 0.3 is 0 Å². The van der Waals surface area contributed by atoms with Crippen LogP contribution < -0.4 is 10.6 Å². The fourth-order valence-corrected chi connectivity index (χ4v) is 2.79. The maximum Gasteiger partial charge on any atom is 0.291 e. The highest BCUT2D eigenvalue weighted by molar-refractivity contribution is 6.31. The van der Waals surface area contributed by atoms with Gasteiger partial charge in [-0.05, 0) is 30.3 Å². The van der Waals surface area contributed by atoms with E-state index in [1.54, 1.807) is 18.2 Å². The van der Waals surface area contributed by atoms with Crippen LogP contribution in [0.4, 0.5) is 11.4 Å². The first-order valence-corrected chi connectivity index (χ1v) is 8.59. The first-order chi connectivity index (χ1) is 12.9. The monoisotopic (exact) mass is 389 g/mol. The number of carbonyl (C=O) groups is 4. The molecule has 1 aromatic carbocycles. The minimum Gasteiger partial charge on any atom is -0.459 e. The number of rotatable bonds is 6. The van der Waals surface area contributed by atoms with Crippen LogP contribution in [-0.4, -0.2) is 35.1 Å². The largest absolute Gasteiger partial charge is 0.459 e. The van der Waals surface area contributed by atoms with Gasteiger partial charge in [-0.25, -0.2) is 0 Å². The molecule has 2 heterocycles. The van der Waals surface area contributed by atoms with E-state index in [0.29, 0.717) is 16.4 Å². The molecule has 1 aliphatic rings. The summed E-state index contributed by atoms with van der Waals surface area (Å²) < 4.78 is 5.03. The molecule has 0 unspecified atom stereocenters. The van der Waals surface area contributed by atoms with Crippen LogP contribution in [0.25, 0.3) is 0 Å². The third-order valence-corrected chi connectivity index (χ3v) is 4.20. The fraction of sp³-hybridized carbons (Fsp3) is 0.222. The van der Waals surface area contributed by atoms with Gasteiger partial charge in [-0.15, -0.1) is 0 Å². The van der Waals surface area contributed by atoms with Gasteiger partial charge in [0.05, 0.1) is 17.6 Å². The highest BCUT2D eigenvalue weighted by Gasteiger charge is 2.28. The molecule has 3 rings (SSSR count). The van der Waals surface area contributed by atoms with Gasteiger partial charge in [0.2, 0.25) is 17.7 Å². The Balaban J connectivity index is 1.65. The Kier molecular flexibility index (Phi) is 5.56. The standard InChI is InChI=1S/C18H16ClN3O5/c19-11-3-4-12(13(10-11)21-18(26)14-2-1-9-27-14)20-15(23)7-8-22-16(24)5-6-17(22)25/h1-4,9-10H,5-8H2,(H,20,23)(H,21,26). The minimum atomic E-state index is -0.494. The summed E-state index contributed by atoms with van der Waals surface area (Å²) >= 11 is 5.97. The lowest BCUT2D eigenvalue weighted by molar-refractivity contribution is -0.138. The van der Waals surface area contributed by atoms with Crippen LogP contribution in [0.2, 0.25) is 5.02 Å². The van der Waals surface area contributed by atoms with Gasteiger partial charge in [0.15, 0.2) is 5.76 Å². The van der Waals surface area contributed by atoms with E-state index in [2.05, 4.69) is 10.6 Å². The third-order valence-electron chi connectivity index (χ3n) is 3.97. The van der Waals surface area contributed by atoms with E-state index in [1.165, 1.54) is 18.4 Å². The first kappa shape index (κ1) is 18.7. The maximum absolute atomic E-state index is 12.2. The van der Waals surface area contributed by atoms with E-state index in [1.807, 2.05) is 0 Å². The molecule has 2 aromatic rings. The van der Waals surface area contributed by atoms with Crippen molar-refractivity contribution in [2.45, 2.75) is 19.3 Å². The molecule has 1 aliphatic heterocycles. The molecule has 0 bridgehead atoms. The molecular weight excluding hydrogens is 374 g/mol. The summed E-state index contributed by atoms with van der Waals surface area (Å²) in [5, 5.41) is 5.64. The van der Waals surface area contributed by atoms with Crippen molar-refractivity contribution in [2.24, 2.45) is 0 Å². The molecule has 1 fully saturated rings. The maximum atomic E-state index is 12.2. The van der Waals surface area contributed by atoms with Crippen LogP contribution in [0.15, 0.2) is 41.0 Å². The van der Waals surface area contributed by atoms with Crippen molar-refractivity contribution in [2.75, 3.05) is 17.2 Å². The minimum absolute atomic E-state index is 0.0190. The van der Waals surface area contributed by atoms with Gasteiger partial charge in [-0.3, -0.25) is 24.1 Å². The number of furan rings is 1. The number of carbonyl (C=O) groups excluding carboxylic acids is 4. The number of hydrogen-bond acceptors (Lipinski definition) is 5. The zero-order valence-electron chi connectivity index (χ0n) is 14.2. The zero-order chi connectivity index (χ0) is 19.4. The fourth-order valence-electron chi connectivity index (χ4n) is 2.62. The van der Waals surface area contributed by atoms with Gasteiger partial charge in [0.25, 0.3) is 5.91 Å². The summed E-state index contributed by atoms with van der Waals surface area (Å²) in [6, 6.07) is 7.68. The van der Waals surface area contributed by atoms with E-state index in [9.17, 15) is 19.2 Å². The number of nitrogens with one attached hydrogen (secondary N) is 2. The SMILES string of the molecule is O=C(CCN1C(=O)CCC1=O)Nc1ccc(Cl)cc1NC(=O)c1ccco1. The van der Waals surface area contributed by atoms with Crippen molar-refractivity contribution in [3.63, 3.8) is 0 Å². The number of nitrogens with zero attached hydrogens (tertiary/aromatic N) is 1. The Hall–Kier alpha value is -3.13. The molecule has 1 aromatic heterocycles. The number of hydrogen-bond donors (Lipinski definition) is 2. The number of anilines is 2. The predicted molar refractivity (Wildman–Crippen MR) is 97.3 cm³/mol. The Labute approximate surface area is 159 Å². The average molecular weight is 390 g/mol. The molecule has 8 nitrogen and oxygen atoms in total. The Morgan fingerprint density at radius 2 is 1.81 bits per heavy atom. The molecular formula is C18H16ClN3O5. The Morgan fingerprint density at radius 3 is 2.48 bits per heavy atom. The molecule has 27 heavy (non-hydrogen) atoms. The zero-order valence-corrected chi connectivity index (χ0v) is 14.9. The van der Waals surface area contributed by atoms with E-state index < -0.39 is 11.8 Å². The number of imide groups is 1. The smallest absolute Gasteiger partial charge is 0.291 e. The van der Waals surface area contributed by atoms with Crippen LogP contribution in [0.5, 0.6) is 0 Å². The van der Waals surface area contributed by atoms with Gasteiger partial charge in [0.1, 0.15) is 0 Å². The van der Waals surface area contributed by atoms with Gasteiger partial charge in [0, 0.05) is 30.8 Å². The molecule has 0 atom stereocenters. The average Bonchev–Trinajstić information content (AvgIpc) is 3.26. The van der Waals surface area contributed by atoms with Crippen LogP contribution >= 0.6 is 11.6 Å². The van der Waals surface area contributed by atoms with E-state index in [4.69, 9.17) is 16.0 Å². The molecule has 140 valence electrons. The van der Waals surface area contributed by atoms with Crippen LogP contribution in [0.3, 0.4) is 0 Å². The van der Waals surface area contributed by atoms with Crippen molar-refractivity contribution in [1.29, 1.82) is 0 Å². The Morgan fingerprint density at radius 1 is 1.07 bits per heavy atom. The number of amides is 4. The van der Waals surface area contributed by atoms with Crippen molar-refractivity contribution < 1.29 is 23.6 Å². The molecule has 0 aliphatic carbocycles. The van der Waals surface area contributed by atoms with Crippen LogP contribution in [0.1, 0.15) is 29.8 Å². The summed E-state index contributed by atoms with van der Waals surface area (Å²) in [6.45, 7) is 0.0190. The molecule has 9 heteroatoms. The van der Waals surface area contributed by atoms with Gasteiger partial charge in [-0.1, -0.05) is 11.6 Å². The van der Waals surface area contributed by atoms with E-state index in [0.717, 1.165) is 4.90 Å². The second-order valence-electron chi connectivity index (χ2n) is 5.86. The summed E-state index contributed by atoms with van der Waals surface area (Å²) in [5.41, 5.74) is 0.633. The van der Waals surface area contributed by atoms with Crippen molar-refractivity contribution in [1.82, 2.24) is 4.90 Å². The highest BCUT2D eigenvalue weighted by Crippen LogP contribution is 2.26. The topological polar surface area (TPSA) is 109 Å². The van der Waals surface area contributed by atoms with Crippen LogP contribution in [0, 0.1) is 0 Å². The molecule has 1 saturated heterocycles. The summed E-state index contributed by atoms with van der Waals surface area (Å²) in [5.74, 6) is -1.33. The summed E-state index contributed by atoms with van der Waals surface area (Å²) in [6.07, 6.45) is 1.68. The van der Waals surface area contributed by atoms with E-state index >= 15 is 0 Å². The summed E-state index contributed by atoms with van der Waals surface area (Å²) in [4.78, 5) is 48.6. The number of benzene rings is 1. The second kappa shape index (κ2) is 8.05. The number of likely N-dealkylation sites (tertiary alicyclic amines) is 1. The lowest BCUT2D eigenvalue weighted by Crippen LogP contribution is -2.32. The quantitative estimate of drug-likeness (QED) is 0.738. The van der Waals surface area contributed by atoms with Crippen LogP contribution in [-0.2, 0) is 14.4 Å². The summed E-state index contributed by atoms with van der Waals surface area (Å²) in [7, 11) is 0. The third kappa shape index (κ3) is 4.53. The van der Waals surface area contributed by atoms with Crippen molar-refractivity contribution in [3.8, 4) is 0 Å². The molecule has 4 amide bonds. The van der Waals surface area contributed by atoms with E-state index in [-0.39, 0.29) is 43.4 Å². The molecule has 2 N–H and O–H groups in total. The lowest BCUT2D eigenvalue weighted by atomic mass is 10.2. The van der Waals surface area contributed by atoms with Gasteiger partial charge < -0.3 is 15.1 Å². The Bertz CT molecular complexity index is 878. The van der Waals surface area contributed by atoms with Crippen molar-refractivity contribution in [3.05, 3.63) is 47.4 Å². The number of halogens is 1.